The molecular weight excluding hydrogens is 394 g/mol. The maximum atomic E-state index is 12.6. The SMILES string of the molecule is CCCS(=O)(=O)N1CCC(NC(=O)CCC(=O)N2CCOc3ccccc32)CC1. The van der Waals surface area contributed by atoms with E-state index in [1.54, 1.807) is 4.90 Å². The Morgan fingerprint density at radius 2 is 1.86 bits per heavy atom. The van der Waals surface area contributed by atoms with Crippen molar-refractivity contribution in [1.29, 1.82) is 0 Å². The fourth-order valence-corrected chi connectivity index (χ4v) is 5.29. The standard InChI is InChI=1S/C20H29N3O5S/c1-2-15-29(26,27)22-11-9-16(10-12-22)21-19(24)7-8-20(25)23-13-14-28-18-6-4-3-5-17(18)23/h3-6,16H,2,7-15H2,1H3,(H,21,24). The molecule has 1 N–H and O–H groups in total. The van der Waals surface area contributed by atoms with Crippen molar-refractivity contribution in [2.24, 2.45) is 0 Å². The number of benzene rings is 1. The number of sulfonamides is 1. The van der Waals surface area contributed by atoms with Crippen LogP contribution in [0.3, 0.4) is 0 Å². The van der Waals surface area contributed by atoms with Gasteiger partial charge in [0.2, 0.25) is 21.8 Å². The number of carbonyl (C=O) groups excluding carboxylic acids is 2. The number of rotatable bonds is 7. The summed E-state index contributed by atoms with van der Waals surface area (Å²) >= 11 is 0. The predicted molar refractivity (Wildman–Crippen MR) is 110 cm³/mol. The average molecular weight is 424 g/mol. The highest BCUT2D eigenvalue weighted by molar-refractivity contribution is 7.89. The number of hydrogen-bond acceptors (Lipinski definition) is 5. The number of fused-ring (bicyclic) bond motifs is 1. The molecule has 29 heavy (non-hydrogen) atoms. The third-order valence-corrected chi connectivity index (χ3v) is 7.35. The third-order valence-electron chi connectivity index (χ3n) is 5.27. The highest BCUT2D eigenvalue weighted by Gasteiger charge is 2.28. The number of nitrogens with one attached hydrogen (secondary N) is 1. The summed E-state index contributed by atoms with van der Waals surface area (Å²) < 4.78 is 31.3. The lowest BCUT2D eigenvalue weighted by molar-refractivity contribution is -0.126. The van der Waals surface area contributed by atoms with Gasteiger partial charge in [0.05, 0.1) is 18.0 Å². The molecular formula is C20H29N3O5S. The second-order valence-electron chi connectivity index (χ2n) is 7.42. The number of para-hydroxylation sites is 2. The van der Waals surface area contributed by atoms with Crippen molar-refractivity contribution in [3.63, 3.8) is 0 Å². The molecule has 1 saturated heterocycles. The van der Waals surface area contributed by atoms with Crippen LogP contribution in [-0.4, -0.2) is 62.6 Å². The zero-order chi connectivity index (χ0) is 20.9. The molecule has 2 aliphatic heterocycles. The molecule has 0 atom stereocenters. The molecule has 0 bridgehead atoms. The van der Waals surface area contributed by atoms with Gasteiger partial charge in [-0.05, 0) is 31.4 Å². The Kier molecular flexibility index (Phi) is 7.13. The smallest absolute Gasteiger partial charge is 0.227 e. The molecule has 0 unspecified atom stereocenters. The molecule has 160 valence electrons. The normalized spacial score (nSPS) is 18.0. The fraction of sp³-hybridized carbons (Fsp3) is 0.600. The van der Waals surface area contributed by atoms with E-state index in [0.29, 0.717) is 51.3 Å². The van der Waals surface area contributed by atoms with Crippen LogP contribution in [0, 0.1) is 0 Å². The largest absolute Gasteiger partial charge is 0.490 e. The third kappa shape index (κ3) is 5.48. The van der Waals surface area contributed by atoms with Crippen LogP contribution >= 0.6 is 0 Å². The Balaban J connectivity index is 1.44. The Bertz CT molecular complexity index is 834. The molecule has 0 spiro atoms. The van der Waals surface area contributed by atoms with E-state index in [9.17, 15) is 18.0 Å². The van der Waals surface area contributed by atoms with Crippen molar-refractivity contribution >= 4 is 27.5 Å². The van der Waals surface area contributed by atoms with Gasteiger partial charge in [-0.1, -0.05) is 19.1 Å². The zero-order valence-corrected chi connectivity index (χ0v) is 17.6. The lowest BCUT2D eigenvalue weighted by Gasteiger charge is -2.31. The maximum absolute atomic E-state index is 12.6. The van der Waals surface area contributed by atoms with Gasteiger partial charge in [-0.25, -0.2) is 12.7 Å². The summed E-state index contributed by atoms with van der Waals surface area (Å²) in [5.74, 6) is 0.573. The number of ether oxygens (including phenoxy) is 1. The van der Waals surface area contributed by atoms with E-state index < -0.39 is 10.0 Å². The molecule has 0 aromatic heterocycles. The van der Waals surface area contributed by atoms with Crippen LogP contribution < -0.4 is 15.0 Å². The van der Waals surface area contributed by atoms with Gasteiger partial charge in [-0.2, -0.15) is 0 Å². The molecule has 2 aliphatic rings. The topological polar surface area (TPSA) is 96.0 Å². The number of carbonyl (C=O) groups is 2. The fourth-order valence-electron chi connectivity index (χ4n) is 3.75. The molecule has 3 rings (SSSR count). The summed E-state index contributed by atoms with van der Waals surface area (Å²) in [6.07, 6.45) is 2.04. The maximum Gasteiger partial charge on any atom is 0.227 e. The Hall–Kier alpha value is -2.13. The van der Waals surface area contributed by atoms with Crippen molar-refractivity contribution in [2.75, 3.05) is 36.9 Å². The average Bonchev–Trinajstić information content (AvgIpc) is 2.72. The van der Waals surface area contributed by atoms with E-state index in [0.717, 1.165) is 5.69 Å². The van der Waals surface area contributed by atoms with Crippen molar-refractivity contribution in [1.82, 2.24) is 9.62 Å². The Morgan fingerprint density at radius 1 is 1.14 bits per heavy atom. The molecule has 1 aromatic carbocycles. The number of anilines is 1. The summed E-state index contributed by atoms with van der Waals surface area (Å²) in [6.45, 7) is 3.62. The summed E-state index contributed by atoms with van der Waals surface area (Å²) in [5, 5.41) is 2.94. The van der Waals surface area contributed by atoms with E-state index in [2.05, 4.69) is 5.32 Å². The van der Waals surface area contributed by atoms with Crippen LogP contribution in [0.1, 0.15) is 39.0 Å². The van der Waals surface area contributed by atoms with Crippen LogP contribution in [0.15, 0.2) is 24.3 Å². The lowest BCUT2D eigenvalue weighted by Crippen LogP contribution is -2.47. The highest BCUT2D eigenvalue weighted by atomic mass is 32.2. The summed E-state index contributed by atoms with van der Waals surface area (Å²) in [6, 6.07) is 7.34. The van der Waals surface area contributed by atoms with E-state index in [1.165, 1.54) is 4.31 Å². The molecule has 0 saturated carbocycles. The van der Waals surface area contributed by atoms with E-state index >= 15 is 0 Å². The molecule has 8 nitrogen and oxygen atoms in total. The van der Waals surface area contributed by atoms with Crippen molar-refractivity contribution in [3.05, 3.63) is 24.3 Å². The first-order chi connectivity index (χ1) is 13.9. The number of hydrogen-bond donors (Lipinski definition) is 1. The first kappa shape index (κ1) is 21.6. The first-order valence-corrected chi connectivity index (χ1v) is 11.8. The van der Waals surface area contributed by atoms with Gasteiger partial charge in [-0.15, -0.1) is 0 Å². The molecule has 9 heteroatoms. The Morgan fingerprint density at radius 3 is 2.59 bits per heavy atom. The quantitative estimate of drug-likeness (QED) is 0.717. The minimum Gasteiger partial charge on any atom is -0.490 e. The first-order valence-electron chi connectivity index (χ1n) is 10.2. The monoisotopic (exact) mass is 423 g/mol. The molecule has 1 aromatic rings. The zero-order valence-electron chi connectivity index (χ0n) is 16.8. The molecule has 0 aliphatic carbocycles. The van der Waals surface area contributed by atoms with E-state index in [1.807, 2.05) is 31.2 Å². The van der Waals surface area contributed by atoms with Crippen molar-refractivity contribution in [2.45, 2.75) is 45.1 Å². The van der Waals surface area contributed by atoms with E-state index in [4.69, 9.17) is 4.74 Å². The number of amides is 2. The summed E-state index contributed by atoms with van der Waals surface area (Å²) in [4.78, 5) is 26.5. The van der Waals surface area contributed by atoms with Crippen LogP contribution in [0.5, 0.6) is 5.75 Å². The van der Waals surface area contributed by atoms with Crippen molar-refractivity contribution < 1.29 is 22.7 Å². The minimum atomic E-state index is -3.18. The predicted octanol–water partition coefficient (Wildman–Crippen LogP) is 1.51. The molecule has 2 amide bonds. The van der Waals surface area contributed by atoms with Gasteiger partial charge in [0.15, 0.2) is 0 Å². The molecule has 0 radical (unpaired) electrons. The van der Waals surface area contributed by atoms with Crippen LogP contribution in [0.4, 0.5) is 5.69 Å². The van der Waals surface area contributed by atoms with Gasteiger partial charge in [0, 0.05) is 32.0 Å². The number of nitrogens with zero attached hydrogens (tertiary/aromatic N) is 2. The lowest BCUT2D eigenvalue weighted by atomic mass is 10.1. The second-order valence-corrected chi connectivity index (χ2v) is 9.51. The van der Waals surface area contributed by atoms with Gasteiger partial charge in [0.25, 0.3) is 0 Å². The minimum absolute atomic E-state index is 0.0465. The van der Waals surface area contributed by atoms with Gasteiger partial charge in [0.1, 0.15) is 12.4 Å². The van der Waals surface area contributed by atoms with Gasteiger partial charge >= 0.3 is 0 Å². The van der Waals surface area contributed by atoms with Crippen LogP contribution in [-0.2, 0) is 19.6 Å². The highest BCUT2D eigenvalue weighted by Crippen LogP contribution is 2.31. The van der Waals surface area contributed by atoms with E-state index in [-0.39, 0.29) is 36.5 Å². The van der Waals surface area contributed by atoms with Crippen LogP contribution in [0.25, 0.3) is 0 Å². The van der Waals surface area contributed by atoms with Crippen molar-refractivity contribution in [3.8, 4) is 5.75 Å². The summed E-state index contributed by atoms with van der Waals surface area (Å²) in [7, 11) is -3.18. The van der Waals surface area contributed by atoms with Gasteiger partial charge < -0.3 is 15.0 Å². The van der Waals surface area contributed by atoms with Crippen LogP contribution in [0.2, 0.25) is 0 Å². The van der Waals surface area contributed by atoms with Gasteiger partial charge in [-0.3, -0.25) is 9.59 Å². The molecule has 1 fully saturated rings. The number of piperidine rings is 1. The second kappa shape index (κ2) is 9.58. The Labute approximate surface area is 172 Å². The summed E-state index contributed by atoms with van der Waals surface area (Å²) in [5.41, 5.74) is 0.741. The molecule has 2 heterocycles.